The number of nitrogens with zero attached hydrogens (tertiary/aromatic N) is 3. The number of pyridine rings is 1. The average Bonchev–Trinajstić information content (AvgIpc) is 2.86. The Morgan fingerprint density at radius 1 is 1.29 bits per heavy atom. The number of rotatable bonds is 3. The van der Waals surface area contributed by atoms with Crippen LogP contribution in [0.1, 0.15) is 63.2 Å². The van der Waals surface area contributed by atoms with Gasteiger partial charge in [-0.1, -0.05) is 19.3 Å². The summed E-state index contributed by atoms with van der Waals surface area (Å²) in [5, 5.41) is -0.107. The van der Waals surface area contributed by atoms with E-state index in [0.29, 0.717) is 12.0 Å². The molecule has 0 saturated heterocycles. The van der Waals surface area contributed by atoms with Crippen LogP contribution in [-0.2, 0) is 0 Å². The summed E-state index contributed by atoms with van der Waals surface area (Å²) >= 11 is 9.85. The third-order valence-electron chi connectivity index (χ3n) is 4.62. The number of alkyl halides is 1. The maximum Gasteiger partial charge on any atom is 0.160 e. The van der Waals surface area contributed by atoms with Gasteiger partial charge in [-0.2, -0.15) is 0 Å². The molecule has 1 saturated carbocycles. The highest BCUT2D eigenvalue weighted by atomic mass is 79.9. The van der Waals surface area contributed by atoms with E-state index in [2.05, 4.69) is 32.4 Å². The van der Waals surface area contributed by atoms with E-state index in [0.717, 1.165) is 21.5 Å². The molecular weight excluding hydrogens is 350 g/mol. The van der Waals surface area contributed by atoms with Gasteiger partial charge in [-0.25, -0.2) is 9.97 Å². The lowest BCUT2D eigenvalue weighted by atomic mass is 9.84. The maximum absolute atomic E-state index is 6.38. The summed E-state index contributed by atoms with van der Waals surface area (Å²) in [7, 11) is 0. The first-order valence-corrected chi connectivity index (χ1v) is 8.98. The van der Waals surface area contributed by atoms with E-state index < -0.39 is 0 Å². The molecule has 3 nitrogen and oxygen atoms in total. The zero-order chi connectivity index (χ0) is 15.0. The fourth-order valence-corrected chi connectivity index (χ4v) is 3.96. The fourth-order valence-electron chi connectivity index (χ4n) is 3.48. The van der Waals surface area contributed by atoms with Crippen molar-refractivity contribution in [1.29, 1.82) is 0 Å². The average molecular weight is 371 g/mol. The number of hydrogen-bond acceptors (Lipinski definition) is 2. The van der Waals surface area contributed by atoms with Crippen LogP contribution in [-0.4, -0.2) is 14.5 Å². The van der Waals surface area contributed by atoms with Gasteiger partial charge in [-0.3, -0.25) is 0 Å². The Morgan fingerprint density at radius 3 is 2.67 bits per heavy atom. The predicted octanol–water partition coefficient (Wildman–Crippen LogP) is 5.63. The molecular formula is C16H21BrClN3. The molecule has 2 aromatic rings. The standard InChI is InChI=1S/C16H21BrClN3/c1-10(18)15-20-14-8-13(17)9-19-16(14)21(15)11(2)12-6-4-3-5-7-12/h8-12H,3-7H2,1-2H3. The molecule has 114 valence electrons. The molecule has 0 radical (unpaired) electrons. The molecule has 0 aromatic carbocycles. The van der Waals surface area contributed by atoms with Crippen LogP contribution in [0.2, 0.25) is 0 Å². The normalized spacial score (nSPS) is 19.8. The lowest BCUT2D eigenvalue weighted by molar-refractivity contribution is 0.263. The van der Waals surface area contributed by atoms with Gasteiger partial charge in [-0.05, 0) is 54.6 Å². The summed E-state index contributed by atoms with van der Waals surface area (Å²) < 4.78 is 3.23. The lowest BCUT2D eigenvalue weighted by Gasteiger charge is -2.30. The van der Waals surface area contributed by atoms with E-state index in [1.807, 2.05) is 19.2 Å². The molecule has 3 rings (SSSR count). The third kappa shape index (κ3) is 2.98. The second kappa shape index (κ2) is 6.25. The second-order valence-corrected chi connectivity index (χ2v) is 7.66. The minimum Gasteiger partial charge on any atom is -0.308 e. The maximum atomic E-state index is 6.38. The van der Waals surface area contributed by atoms with Crippen molar-refractivity contribution in [3.63, 3.8) is 0 Å². The summed E-state index contributed by atoms with van der Waals surface area (Å²) in [6, 6.07) is 2.43. The van der Waals surface area contributed by atoms with E-state index in [-0.39, 0.29) is 5.38 Å². The minimum absolute atomic E-state index is 0.107. The highest BCUT2D eigenvalue weighted by Gasteiger charge is 2.27. The molecule has 0 bridgehead atoms. The largest absolute Gasteiger partial charge is 0.308 e. The van der Waals surface area contributed by atoms with Gasteiger partial charge in [-0.15, -0.1) is 11.6 Å². The molecule has 2 unspecified atom stereocenters. The molecule has 21 heavy (non-hydrogen) atoms. The Morgan fingerprint density at radius 2 is 2.00 bits per heavy atom. The molecule has 2 atom stereocenters. The van der Waals surface area contributed by atoms with Gasteiger partial charge < -0.3 is 4.57 Å². The molecule has 1 aliphatic carbocycles. The Bertz CT molecular complexity index is 632. The number of halogens is 2. The van der Waals surface area contributed by atoms with E-state index >= 15 is 0 Å². The number of fused-ring (bicyclic) bond motifs is 1. The van der Waals surface area contributed by atoms with Crippen molar-refractivity contribution in [2.24, 2.45) is 5.92 Å². The Labute approximate surface area is 139 Å². The van der Waals surface area contributed by atoms with Crippen molar-refractivity contribution in [3.05, 3.63) is 22.6 Å². The number of hydrogen-bond donors (Lipinski definition) is 0. The van der Waals surface area contributed by atoms with Gasteiger partial charge in [0.05, 0.1) is 5.38 Å². The zero-order valence-electron chi connectivity index (χ0n) is 12.5. The van der Waals surface area contributed by atoms with Crippen molar-refractivity contribution < 1.29 is 0 Å². The van der Waals surface area contributed by atoms with Crippen molar-refractivity contribution in [1.82, 2.24) is 14.5 Å². The fraction of sp³-hybridized carbons (Fsp3) is 0.625. The SMILES string of the molecule is CC(Cl)c1nc2cc(Br)cnc2n1C(C)C1CCCCC1. The Hall–Kier alpha value is -0.610. The molecule has 0 amide bonds. The van der Waals surface area contributed by atoms with Gasteiger partial charge in [0, 0.05) is 16.7 Å². The summed E-state index contributed by atoms with van der Waals surface area (Å²) in [5.74, 6) is 1.64. The van der Waals surface area contributed by atoms with Crippen LogP contribution in [0.4, 0.5) is 0 Å². The van der Waals surface area contributed by atoms with Crippen molar-refractivity contribution >= 4 is 38.7 Å². The molecule has 5 heteroatoms. The van der Waals surface area contributed by atoms with Gasteiger partial charge in [0.25, 0.3) is 0 Å². The van der Waals surface area contributed by atoms with E-state index in [1.54, 1.807) is 0 Å². The van der Waals surface area contributed by atoms with E-state index in [1.165, 1.54) is 32.1 Å². The van der Waals surface area contributed by atoms with Crippen LogP contribution in [0, 0.1) is 5.92 Å². The second-order valence-electron chi connectivity index (χ2n) is 6.09. The Balaban J connectivity index is 2.07. The topological polar surface area (TPSA) is 30.7 Å². The first-order valence-electron chi connectivity index (χ1n) is 7.75. The van der Waals surface area contributed by atoms with Crippen LogP contribution >= 0.6 is 27.5 Å². The van der Waals surface area contributed by atoms with Gasteiger partial charge in [0.15, 0.2) is 5.65 Å². The minimum atomic E-state index is -0.107. The number of aromatic nitrogens is 3. The molecule has 0 aliphatic heterocycles. The quantitative estimate of drug-likeness (QED) is 0.655. The van der Waals surface area contributed by atoms with Crippen molar-refractivity contribution in [3.8, 4) is 0 Å². The summed E-state index contributed by atoms with van der Waals surface area (Å²) in [4.78, 5) is 9.32. The van der Waals surface area contributed by atoms with Crippen molar-refractivity contribution in [2.75, 3.05) is 0 Å². The van der Waals surface area contributed by atoms with Crippen molar-refractivity contribution in [2.45, 2.75) is 57.4 Å². The molecule has 2 aromatic heterocycles. The van der Waals surface area contributed by atoms with Crippen LogP contribution in [0.3, 0.4) is 0 Å². The highest BCUT2D eigenvalue weighted by Crippen LogP contribution is 2.37. The molecule has 0 N–H and O–H groups in total. The summed E-state index contributed by atoms with van der Waals surface area (Å²) in [6.07, 6.45) is 8.49. The smallest absolute Gasteiger partial charge is 0.160 e. The van der Waals surface area contributed by atoms with Gasteiger partial charge in [0.2, 0.25) is 0 Å². The van der Waals surface area contributed by atoms with Crippen LogP contribution < -0.4 is 0 Å². The van der Waals surface area contributed by atoms with E-state index in [4.69, 9.17) is 16.6 Å². The molecule has 2 heterocycles. The number of imidazole rings is 1. The first-order chi connectivity index (χ1) is 10.1. The summed E-state index contributed by atoms with van der Waals surface area (Å²) in [6.45, 7) is 4.28. The Kier molecular flexibility index (Phi) is 4.55. The third-order valence-corrected chi connectivity index (χ3v) is 5.25. The predicted molar refractivity (Wildman–Crippen MR) is 90.8 cm³/mol. The molecule has 1 aliphatic rings. The van der Waals surface area contributed by atoms with Crippen LogP contribution in [0.15, 0.2) is 16.7 Å². The molecule has 0 spiro atoms. The lowest BCUT2D eigenvalue weighted by Crippen LogP contribution is -2.21. The van der Waals surface area contributed by atoms with E-state index in [9.17, 15) is 0 Å². The first kappa shape index (κ1) is 15.3. The van der Waals surface area contributed by atoms with Crippen LogP contribution in [0.5, 0.6) is 0 Å². The summed E-state index contributed by atoms with van der Waals surface area (Å²) in [5.41, 5.74) is 1.88. The molecule has 1 fully saturated rings. The monoisotopic (exact) mass is 369 g/mol. The highest BCUT2D eigenvalue weighted by molar-refractivity contribution is 9.10. The van der Waals surface area contributed by atoms with Gasteiger partial charge in [0.1, 0.15) is 11.3 Å². The van der Waals surface area contributed by atoms with Crippen LogP contribution in [0.25, 0.3) is 11.2 Å². The zero-order valence-corrected chi connectivity index (χ0v) is 14.9. The van der Waals surface area contributed by atoms with Gasteiger partial charge >= 0.3 is 0 Å².